The number of ether oxygens (including phenoxy) is 1. The van der Waals surface area contributed by atoms with Gasteiger partial charge in [-0.1, -0.05) is 12.1 Å². The van der Waals surface area contributed by atoms with E-state index in [9.17, 15) is 0 Å². The zero-order valence-electron chi connectivity index (χ0n) is 8.87. The fourth-order valence-corrected chi connectivity index (χ4v) is 2.25. The van der Waals surface area contributed by atoms with Gasteiger partial charge < -0.3 is 10.1 Å². The van der Waals surface area contributed by atoms with E-state index in [1.54, 1.807) is 0 Å². The summed E-state index contributed by atoms with van der Waals surface area (Å²) in [4.78, 5) is 0. The summed E-state index contributed by atoms with van der Waals surface area (Å²) >= 11 is 3.53. The molecule has 1 saturated carbocycles. The van der Waals surface area contributed by atoms with Crippen LogP contribution in [0.3, 0.4) is 0 Å². The zero-order chi connectivity index (χ0) is 10.7. The van der Waals surface area contributed by atoms with Crippen LogP contribution in [0.2, 0.25) is 0 Å². The van der Waals surface area contributed by atoms with E-state index >= 15 is 0 Å². The van der Waals surface area contributed by atoms with Crippen LogP contribution in [0.5, 0.6) is 0 Å². The fraction of sp³-hybridized carbons (Fsp3) is 0.500. The van der Waals surface area contributed by atoms with Crippen LogP contribution < -0.4 is 5.32 Å². The normalized spacial score (nSPS) is 24.7. The highest BCUT2D eigenvalue weighted by atomic mass is 79.9. The summed E-state index contributed by atoms with van der Waals surface area (Å²) in [7, 11) is 0. The highest BCUT2D eigenvalue weighted by Crippen LogP contribution is 2.29. The second kappa shape index (κ2) is 4.99. The Balaban J connectivity index is 1.82. The molecule has 82 valence electrons. The van der Waals surface area contributed by atoms with Gasteiger partial charge in [-0.15, -0.1) is 0 Å². The van der Waals surface area contributed by atoms with Crippen LogP contribution in [0.4, 0.5) is 5.69 Å². The maximum absolute atomic E-state index is 5.52. The van der Waals surface area contributed by atoms with Crippen molar-refractivity contribution in [2.24, 2.45) is 0 Å². The van der Waals surface area contributed by atoms with E-state index in [-0.39, 0.29) is 0 Å². The molecule has 0 bridgehead atoms. The molecular weight excluding hydrogens is 254 g/mol. The van der Waals surface area contributed by atoms with Gasteiger partial charge in [0, 0.05) is 22.8 Å². The third-order valence-corrected chi connectivity index (χ3v) is 3.42. The Morgan fingerprint density at radius 3 is 2.80 bits per heavy atom. The van der Waals surface area contributed by atoms with Crippen molar-refractivity contribution in [2.75, 3.05) is 11.9 Å². The van der Waals surface area contributed by atoms with Gasteiger partial charge in [-0.3, -0.25) is 0 Å². The average molecular weight is 270 g/mol. The van der Waals surface area contributed by atoms with Crippen LogP contribution >= 0.6 is 15.9 Å². The van der Waals surface area contributed by atoms with Gasteiger partial charge in [0.2, 0.25) is 0 Å². The minimum Gasteiger partial charge on any atom is -0.381 e. The van der Waals surface area contributed by atoms with Gasteiger partial charge >= 0.3 is 0 Å². The molecule has 0 amide bonds. The van der Waals surface area contributed by atoms with Crippen LogP contribution in [-0.2, 0) is 4.74 Å². The quantitative estimate of drug-likeness (QED) is 0.905. The van der Waals surface area contributed by atoms with E-state index in [1.807, 2.05) is 12.1 Å². The van der Waals surface area contributed by atoms with Crippen molar-refractivity contribution in [3.63, 3.8) is 0 Å². The lowest BCUT2D eigenvalue weighted by molar-refractivity contribution is 0.00298. The van der Waals surface area contributed by atoms with Gasteiger partial charge in [0.05, 0.1) is 6.10 Å². The molecule has 1 aromatic carbocycles. The molecule has 0 spiro atoms. The predicted molar refractivity (Wildman–Crippen MR) is 66.2 cm³/mol. The second-order valence-corrected chi connectivity index (χ2v) is 4.72. The zero-order valence-corrected chi connectivity index (χ0v) is 10.5. The molecule has 1 fully saturated rings. The minimum atomic E-state index is 0.468. The van der Waals surface area contributed by atoms with E-state index in [2.05, 4.69) is 40.3 Å². The predicted octanol–water partition coefficient (Wildman–Crippen LogP) is 3.43. The first-order valence-electron chi connectivity index (χ1n) is 5.42. The molecule has 0 saturated heterocycles. The molecule has 15 heavy (non-hydrogen) atoms. The first-order valence-corrected chi connectivity index (χ1v) is 6.21. The number of rotatable bonds is 4. The van der Waals surface area contributed by atoms with Crippen LogP contribution in [0.15, 0.2) is 28.7 Å². The Hall–Kier alpha value is -0.540. The SMILES string of the molecule is CCOC1CC(Nc2ccccc2Br)C1. The van der Waals surface area contributed by atoms with Crippen LogP contribution in [0.25, 0.3) is 0 Å². The molecule has 1 aliphatic rings. The molecule has 0 atom stereocenters. The number of halogens is 1. The number of para-hydroxylation sites is 1. The molecular formula is C12H16BrNO. The summed E-state index contributed by atoms with van der Waals surface area (Å²) in [6.07, 6.45) is 2.71. The van der Waals surface area contributed by atoms with E-state index < -0.39 is 0 Å². The molecule has 0 radical (unpaired) electrons. The average Bonchev–Trinajstić information content (AvgIpc) is 2.18. The van der Waals surface area contributed by atoms with Crippen molar-refractivity contribution in [3.8, 4) is 0 Å². The number of anilines is 1. The lowest BCUT2D eigenvalue weighted by Gasteiger charge is -2.36. The van der Waals surface area contributed by atoms with E-state index in [4.69, 9.17) is 4.74 Å². The maximum atomic E-state index is 5.52. The highest BCUT2D eigenvalue weighted by Gasteiger charge is 2.29. The lowest BCUT2D eigenvalue weighted by Crippen LogP contribution is -2.40. The van der Waals surface area contributed by atoms with Gasteiger partial charge in [-0.25, -0.2) is 0 Å². The van der Waals surface area contributed by atoms with Gasteiger partial charge in [0.1, 0.15) is 0 Å². The monoisotopic (exact) mass is 269 g/mol. The molecule has 0 heterocycles. The largest absolute Gasteiger partial charge is 0.381 e. The highest BCUT2D eigenvalue weighted by molar-refractivity contribution is 9.10. The van der Waals surface area contributed by atoms with Crippen LogP contribution in [0.1, 0.15) is 19.8 Å². The fourth-order valence-electron chi connectivity index (χ4n) is 1.85. The first kappa shape index (κ1) is 11.0. The summed E-state index contributed by atoms with van der Waals surface area (Å²) in [5.74, 6) is 0. The van der Waals surface area contributed by atoms with Crippen molar-refractivity contribution in [2.45, 2.75) is 31.9 Å². The number of nitrogens with one attached hydrogen (secondary N) is 1. The second-order valence-electron chi connectivity index (χ2n) is 3.87. The van der Waals surface area contributed by atoms with Crippen molar-refractivity contribution in [1.82, 2.24) is 0 Å². The van der Waals surface area contributed by atoms with Gasteiger partial charge in [0.25, 0.3) is 0 Å². The van der Waals surface area contributed by atoms with Crippen molar-refractivity contribution >= 4 is 21.6 Å². The summed E-state index contributed by atoms with van der Waals surface area (Å²) in [5, 5.41) is 3.51. The van der Waals surface area contributed by atoms with Crippen molar-refractivity contribution in [3.05, 3.63) is 28.7 Å². The first-order chi connectivity index (χ1) is 7.29. The Kier molecular flexibility index (Phi) is 3.65. The Bertz CT molecular complexity index is 323. The Morgan fingerprint density at radius 1 is 1.40 bits per heavy atom. The van der Waals surface area contributed by atoms with Gasteiger partial charge in [-0.2, -0.15) is 0 Å². The number of benzene rings is 1. The molecule has 1 aromatic rings. The molecule has 0 unspecified atom stereocenters. The summed E-state index contributed by atoms with van der Waals surface area (Å²) < 4.78 is 6.65. The molecule has 3 heteroatoms. The molecule has 1 aliphatic carbocycles. The molecule has 0 aromatic heterocycles. The van der Waals surface area contributed by atoms with Crippen molar-refractivity contribution in [1.29, 1.82) is 0 Å². The third kappa shape index (κ3) is 2.73. The number of hydrogen-bond donors (Lipinski definition) is 1. The minimum absolute atomic E-state index is 0.468. The smallest absolute Gasteiger partial charge is 0.0614 e. The van der Waals surface area contributed by atoms with Crippen molar-refractivity contribution < 1.29 is 4.74 Å². The summed E-state index contributed by atoms with van der Waals surface area (Å²) in [5.41, 5.74) is 1.18. The molecule has 0 aliphatic heterocycles. The molecule has 2 nitrogen and oxygen atoms in total. The van der Waals surface area contributed by atoms with E-state index in [0.717, 1.165) is 23.9 Å². The molecule has 2 rings (SSSR count). The molecule has 1 N–H and O–H groups in total. The Labute approximate surface area is 99.1 Å². The standard InChI is InChI=1S/C12H16BrNO/c1-2-15-10-7-9(8-10)14-12-6-4-3-5-11(12)13/h3-6,9-10,14H,2,7-8H2,1H3. The topological polar surface area (TPSA) is 21.3 Å². The van der Waals surface area contributed by atoms with Crippen LogP contribution in [-0.4, -0.2) is 18.8 Å². The summed E-state index contributed by atoms with van der Waals surface area (Å²) in [6.45, 7) is 2.88. The third-order valence-electron chi connectivity index (χ3n) is 2.73. The number of hydrogen-bond acceptors (Lipinski definition) is 2. The Morgan fingerprint density at radius 2 is 2.13 bits per heavy atom. The summed E-state index contributed by atoms with van der Waals surface area (Å²) in [6, 6.07) is 8.80. The van der Waals surface area contributed by atoms with E-state index in [1.165, 1.54) is 5.69 Å². The van der Waals surface area contributed by atoms with Gasteiger partial charge in [-0.05, 0) is 47.8 Å². The maximum Gasteiger partial charge on any atom is 0.0614 e. The lowest BCUT2D eigenvalue weighted by atomic mass is 9.89. The van der Waals surface area contributed by atoms with Crippen LogP contribution in [0, 0.1) is 0 Å². The van der Waals surface area contributed by atoms with E-state index in [0.29, 0.717) is 12.1 Å². The van der Waals surface area contributed by atoms with Gasteiger partial charge in [0.15, 0.2) is 0 Å².